The van der Waals surface area contributed by atoms with Crippen LogP contribution < -0.4 is 20.1 Å². The SMILES string of the molecule is C[C@@H](Nc1ccc2c(c1)OCCCO2)C(=O)Nc1cccc(C#N)c1. The van der Waals surface area contributed by atoms with E-state index >= 15 is 0 Å². The van der Waals surface area contributed by atoms with Crippen molar-refractivity contribution < 1.29 is 14.3 Å². The number of fused-ring (bicyclic) bond motifs is 1. The van der Waals surface area contributed by atoms with E-state index in [-0.39, 0.29) is 5.91 Å². The quantitative estimate of drug-likeness (QED) is 0.895. The van der Waals surface area contributed by atoms with Crippen LogP contribution in [0, 0.1) is 11.3 Å². The number of hydrogen-bond acceptors (Lipinski definition) is 5. The predicted octanol–water partition coefficient (Wildman–Crippen LogP) is 3.16. The van der Waals surface area contributed by atoms with Crippen molar-refractivity contribution in [1.82, 2.24) is 0 Å². The first-order valence-corrected chi connectivity index (χ1v) is 8.13. The summed E-state index contributed by atoms with van der Waals surface area (Å²) < 4.78 is 11.3. The van der Waals surface area contributed by atoms with Crippen LogP contribution in [0.2, 0.25) is 0 Å². The lowest BCUT2D eigenvalue weighted by Gasteiger charge is -2.17. The summed E-state index contributed by atoms with van der Waals surface area (Å²) in [5.41, 5.74) is 1.87. The van der Waals surface area contributed by atoms with Crippen molar-refractivity contribution in [3.05, 3.63) is 48.0 Å². The van der Waals surface area contributed by atoms with E-state index in [4.69, 9.17) is 14.7 Å². The summed E-state index contributed by atoms with van der Waals surface area (Å²) in [7, 11) is 0. The number of carbonyl (C=O) groups is 1. The molecule has 2 N–H and O–H groups in total. The highest BCUT2D eigenvalue weighted by Gasteiger charge is 2.15. The van der Waals surface area contributed by atoms with E-state index in [0.717, 1.165) is 12.1 Å². The van der Waals surface area contributed by atoms with Crippen molar-refractivity contribution in [2.24, 2.45) is 0 Å². The Labute approximate surface area is 146 Å². The van der Waals surface area contributed by atoms with Crippen LogP contribution in [-0.2, 0) is 4.79 Å². The van der Waals surface area contributed by atoms with Gasteiger partial charge in [-0.25, -0.2) is 0 Å². The predicted molar refractivity (Wildman–Crippen MR) is 94.9 cm³/mol. The van der Waals surface area contributed by atoms with Crippen molar-refractivity contribution in [1.29, 1.82) is 5.26 Å². The van der Waals surface area contributed by atoms with Gasteiger partial charge in [-0.05, 0) is 37.3 Å². The van der Waals surface area contributed by atoms with Gasteiger partial charge >= 0.3 is 0 Å². The van der Waals surface area contributed by atoms with Crippen molar-refractivity contribution in [2.75, 3.05) is 23.8 Å². The maximum atomic E-state index is 12.3. The number of nitriles is 1. The van der Waals surface area contributed by atoms with Crippen LogP contribution in [0.25, 0.3) is 0 Å². The number of hydrogen-bond donors (Lipinski definition) is 2. The molecule has 0 saturated carbocycles. The molecular weight excluding hydrogens is 318 g/mol. The van der Waals surface area contributed by atoms with Crippen molar-refractivity contribution in [3.63, 3.8) is 0 Å². The molecule has 1 atom stereocenters. The largest absolute Gasteiger partial charge is 0.490 e. The van der Waals surface area contributed by atoms with Crippen molar-refractivity contribution >= 4 is 17.3 Å². The molecule has 0 bridgehead atoms. The van der Waals surface area contributed by atoms with Gasteiger partial charge in [0.05, 0.1) is 24.8 Å². The van der Waals surface area contributed by atoms with Gasteiger partial charge in [0.15, 0.2) is 11.5 Å². The number of rotatable bonds is 4. The molecule has 1 aliphatic rings. The molecule has 6 heteroatoms. The normalized spacial score (nSPS) is 13.9. The van der Waals surface area contributed by atoms with Gasteiger partial charge in [-0.3, -0.25) is 4.79 Å². The Morgan fingerprint density at radius 3 is 2.72 bits per heavy atom. The second-order valence-corrected chi connectivity index (χ2v) is 5.76. The Balaban J connectivity index is 1.65. The molecule has 0 saturated heterocycles. The van der Waals surface area contributed by atoms with Crippen molar-refractivity contribution in [2.45, 2.75) is 19.4 Å². The fourth-order valence-corrected chi connectivity index (χ4v) is 2.49. The minimum absolute atomic E-state index is 0.192. The number of benzene rings is 2. The van der Waals surface area contributed by atoms with Gasteiger partial charge in [-0.1, -0.05) is 6.07 Å². The van der Waals surface area contributed by atoms with E-state index in [0.29, 0.717) is 36.0 Å². The molecule has 1 aliphatic heterocycles. The molecule has 1 heterocycles. The molecule has 0 radical (unpaired) electrons. The second kappa shape index (κ2) is 7.58. The maximum Gasteiger partial charge on any atom is 0.246 e. The molecule has 0 fully saturated rings. The standard InChI is InChI=1S/C19H19N3O3/c1-13(19(23)22-15-5-2-4-14(10-15)12-20)21-16-6-7-17-18(11-16)25-9-3-8-24-17/h2,4-7,10-11,13,21H,3,8-9H2,1H3,(H,22,23)/t13-/m1/s1. The number of carbonyl (C=O) groups excluding carboxylic acids is 1. The smallest absolute Gasteiger partial charge is 0.246 e. The lowest BCUT2D eigenvalue weighted by molar-refractivity contribution is -0.116. The highest BCUT2D eigenvalue weighted by Crippen LogP contribution is 2.32. The summed E-state index contributed by atoms with van der Waals surface area (Å²) in [6, 6.07) is 13.9. The first kappa shape index (κ1) is 16.7. The summed E-state index contributed by atoms with van der Waals surface area (Å²) in [6.45, 7) is 3.02. The van der Waals surface area contributed by atoms with Crippen LogP contribution in [-0.4, -0.2) is 25.2 Å². The monoisotopic (exact) mass is 337 g/mol. The van der Waals surface area contributed by atoms with E-state index in [1.54, 1.807) is 31.2 Å². The summed E-state index contributed by atoms with van der Waals surface area (Å²) in [5.74, 6) is 1.20. The summed E-state index contributed by atoms with van der Waals surface area (Å²) in [4.78, 5) is 12.3. The van der Waals surface area contributed by atoms with E-state index in [2.05, 4.69) is 16.7 Å². The molecule has 0 aliphatic carbocycles. The van der Waals surface area contributed by atoms with Crippen LogP contribution in [0.5, 0.6) is 11.5 Å². The molecular formula is C19H19N3O3. The van der Waals surface area contributed by atoms with Gasteiger partial charge in [-0.2, -0.15) is 5.26 Å². The number of nitrogens with one attached hydrogen (secondary N) is 2. The molecule has 2 aromatic carbocycles. The molecule has 2 aromatic rings. The lowest BCUT2D eigenvalue weighted by Crippen LogP contribution is -2.31. The number of anilines is 2. The van der Waals surface area contributed by atoms with Gasteiger partial charge in [0, 0.05) is 23.9 Å². The zero-order chi connectivity index (χ0) is 17.6. The zero-order valence-corrected chi connectivity index (χ0v) is 13.9. The first-order chi connectivity index (χ1) is 12.2. The average Bonchev–Trinajstić information content (AvgIpc) is 2.86. The van der Waals surface area contributed by atoms with Crippen LogP contribution in [0.1, 0.15) is 18.9 Å². The molecule has 6 nitrogen and oxygen atoms in total. The fourth-order valence-electron chi connectivity index (χ4n) is 2.49. The van der Waals surface area contributed by atoms with Crippen LogP contribution in [0.3, 0.4) is 0 Å². The van der Waals surface area contributed by atoms with Crippen molar-refractivity contribution in [3.8, 4) is 17.6 Å². The Morgan fingerprint density at radius 1 is 1.12 bits per heavy atom. The summed E-state index contributed by atoms with van der Waals surface area (Å²) in [5, 5.41) is 14.9. The third-order valence-corrected chi connectivity index (χ3v) is 3.78. The van der Waals surface area contributed by atoms with E-state index in [1.165, 1.54) is 0 Å². The average molecular weight is 337 g/mol. The number of nitrogens with zero attached hydrogens (tertiary/aromatic N) is 1. The molecule has 0 unspecified atom stereocenters. The van der Waals surface area contributed by atoms with Gasteiger partial charge < -0.3 is 20.1 Å². The topological polar surface area (TPSA) is 83.4 Å². The molecule has 128 valence electrons. The van der Waals surface area contributed by atoms with Crippen LogP contribution in [0.15, 0.2) is 42.5 Å². The first-order valence-electron chi connectivity index (χ1n) is 8.13. The Morgan fingerprint density at radius 2 is 1.92 bits per heavy atom. The number of ether oxygens (including phenoxy) is 2. The van der Waals surface area contributed by atoms with Crippen LogP contribution in [0.4, 0.5) is 11.4 Å². The van der Waals surface area contributed by atoms with Gasteiger partial charge in [0.2, 0.25) is 5.91 Å². The van der Waals surface area contributed by atoms with Gasteiger partial charge in [-0.15, -0.1) is 0 Å². The minimum atomic E-state index is -0.463. The zero-order valence-electron chi connectivity index (χ0n) is 13.9. The highest BCUT2D eigenvalue weighted by atomic mass is 16.5. The second-order valence-electron chi connectivity index (χ2n) is 5.76. The molecule has 1 amide bonds. The van der Waals surface area contributed by atoms with E-state index in [1.807, 2.05) is 18.2 Å². The van der Waals surface area contributed by atoms with E-state index in [9.17, 15) is 4.79 Å². The van der Waals surface area contributed by atoms with Crippen LogP contribution >= 0.6 is 0 Å². The Bertz CT molecular complexity index is 814. The number of amides is 1. The third kappa shape index (κ3) is 4.21. The summed E-state index contributed by atoms with van der Waals surface area (Å²) >= 11 is 0. The third-order valence-electron chi connectivity index (χ3n) is 3.78. The molecule has 0 aromatic heterocycles. The molecule has 3 rings (SSSR count). The fraction of sp³-hybridized carbons (Fsp3) is 0.263. The lowest BCUT2D eigenvalue weighted by atomic mass is 10.2. The minimum Gasteiger partial charge on any atom is -0.490 e. The Hall–Kier alpha value is -3.20. The highest BCUT2D eigenvalue weighted by molar-refractivity contribution is 5.96. The maximum absolute atomic E-state index is 12.3. The summed E-state index contributed by atoms with van der Waals surface area (Å²) in [6.07, 6.45) is 0.845. The Kier molecular flexibility index (Phi) is 5.05. The van der Waals surface area contributed by atoms with E-state index < -0.39 is 6.04 Å². The van der Waals surface area contributed by atoms with Gasteiger partial charge in [0.25, 0.3) is 0 Å². The molecule has 25 heavy (non-hydrogen) atoms. The molecule has 0 spiro atoms. The van der Waals surface area contributed by atoms with Gasteiger partial charge in [0.1, 0.15) is 6.04 Å².